The summed E-state index contributed by atoms with van der Waals surface area (Å²) < 4.78 is 0.496. The molecular weight excluding hydrogens is 596 g/mol. The zero-order valence-electron chi connectivity index (χ0n) is 27.4. The number of benzene rings is 4. The summed E-state index contributed by atoms with van der Waals surface area (Å²) in [6, 6.07) is 32.7. The summed E-state index contributed by atoms with van der Waals surface area (Å²) in [4.78, 5) is 0. The third-order valence-electron chi connectivity index (χ3n) is 9.61. The fraction of sp³-hybridized carbons (Fsp3) is 0.333. The molecule has 0 saturated heterocycles. The van der Waals surface area contributed by atoms with Crippen molar-refractivity contribution in [2.45, 2.75) is 82.7 Å². The Labute approximate surface area is 275 Å². The topological polar surface area (TPSA) is 0 Å². The van der Waals surface area contributed by atoms with E-state index in [1.165, 1.54) is 61.2 Å². The molecule has 0 bridgehead atoms. The molecule has 4 aromatic rings. The number of hydrogen-bond acceptors (Lipinski definition) is 0. The van der Waals surface area contributed by atoms with Gasteiger partial charge in [0.1, 0.15) is 0 Å². The molecule has 4 aromatic carbocycles. The molecule has 2 aliphatic carbocycles. The van der Waals surface area contributed by atoms with Crippen LogP contribution in [0.25, 0.3) is 33.9 Å². The standard InChI is InChI=1S/C42H45.Zr/c1-26(2)36-25-30-12-10-14-34(29-18-22-32(23-19-29)42(7,8)9)39(30)40(36)38-27(3)24-37-33(13-11-15-35(37)38)28-16-20-31(21-17-28)41(4,5)6;/h10-26,38H,1-9H3;. The van der Waals surface area contributed by atoms with Gasteiger partial charge in [-0.15, -0.1) is 0 Å². The molecule has 0 amide bonds. The van der Waals surface area contributed by atoms with E-state index < -0.39 is 0 Å². The van der Waals surface area contributed by atoms with Crippen molar-refractivity contribution in [1.82, 2.24) is 0 Å². The predicted octanol–water partition coefficient (Wildman–Crippen LogP) is 11.8. The van der Waals surface area contributed by atoms with Crippen LogP contribution in [0.15, 0.2) is 96.1 Å². The SMILES string of the molecule is CC1=Cc2c(-c3ccc(C(C)(C)C)cc3)cccc2C1C1=C(C(C)C)[CH]([Zr])c2cccc(-c3ccc(C(C)(C)C)cc3)c21. The van der Waals surface area contributed by atoms with E-state index in [0.29, 0.717) is 9.54 Å². The van der Waals surface area contributed by atoms with E-state index in [1.807, 2.05) is 0 Å². The molecule has 0 spiro atoms. The van der Waals surface area contributed by atoms with Gasteiger partial charge in [0.25, 0.3) is 0 Å². The molecule has 0 heterocycles. The minimum absolute atomic E-state index is 0.144. The monoisotopic (exact) mass is 639 g/mol. The number of hydrogen-bond donors (Lipinski definition) is 0. The van der Waals surface area contributed by atoms with Gasteiger partial charge in [0.05, 0.1) is 0 Å². The second kappa shape index (κ2) is 11.0. The fourth-order valence-corrected chi connectivity index (χ4v) is 9.05. The van der Waals surface area contributed by atoms with Crippen LogP contribution < -0.4 is 0 Å². The molecule has 0 nitrogen and oxygen atoms in total. The first-order valence-corrected chi connectivity index (χ1v) is 17.3. The third-order valence-corrected chi connectivity index (χ3v) is 11.1. The predicted molar refractivity (Wildman–Crippen MR) is 182 cm³/mol. The van der Waals surface area contributed by atoms with Gasteiger partial charge in [-0.05, 0) is 0 Å². The van der Waals surface area contributed by atoms with Gasteiger partial charge in [0.15, 0.2) is 0 Å². The van der Waals surface area contributed by atoms with E-state index in [4.69, 9.17) is 0 Å². The van der Waals surface area contributed by atoms with Crippen molar-refractivity contribution in [3.8, 4) is 22.3 Å². The van der Waals surface area contributed by atoms with Crippen LogP contribution in [0.3, 0.4) is 0 Å². The molecule has 0 aliphatic heterocycles. The van der Waals surface area contributed by atoms with Crippen molar-refractivity contribution in [3.63, 3.8) is 0 Å². The second-order valence-electron chi connectivity index (χ2n) is 15.0. The third kappa shape index (κ3) is 5.31. The second-order valence-corrected chi connectivity index (χ2v) is 16.4. The van der Waals surface area contributed by atoms with Gasteiger partial charge < -0.3 is 0 Å². The number of rotatable bonds is 4. The quantitative estimate of drug-likeness (QED) is 0.208. The van der Waals surface area contributed by atoms with Gasteiger partial charge in [-0.1, -0.05) is 20.8 Å². The molecular formula is C42H45Zr. The Morgan fingerprint density at radius 3 is 1.63 bits per heavy atom. The van der Waals surface area contributed by atoms with Gasteiger partial charge in [-0.2, -0.15) is 0 Å². The van der Waals surface area contributed by atoms with Crippen LogP contribution >= 0.6 is 0 Å². The zero-order valence-corrected chi connectivity index (χ0v) is 29.9. The van der Waals surface area contributed by atoms with Crippen molar-refractivity contribution in [3.05, 3.63) is 129 Å². The molecule has 0 aromatic heterocycles. The molecule has 2 atom stereocenters. The Morgan fingerprint density at radius 2 is 1.12 bits per heavy atom. The van der Waals surface area contributed by atoms with Gasteiger partial charge in [0, 0.05) is 0 Å². The van der Waals surface area contributed by atoms with Crippen LogP contribution in [-0.4, -0.2) is 0 Å². The summed E-state index contributed by atoms with van der Waals surface area (Å²) in [5.41, 5.74) is 18.9. The first kappa shape index (κ1) is 30.3. The van der Waals surface area contributed by atoms with Crippen LogP contribution in [0.4, 0.5) is 0 Å². The van der Waals surface area contributed by atoms with Gasteiger partial charge in [-0.3, -0.25) is 0 Å². The minimum atomic E-state index is 0.144. The first-order chi connectivity index (χ1) is 20.3. The van der Waals surface area contributed by atoms with Gasteiger partial charge in [-0.25, -0.2) is 0 Å². The van der Waals surface area contributed by atoms with Crippen LogP contribution in [0.5, 0.6) is 0 Å². The molecule has 0 radical (unpaired) electrons. The normalized spacial score (nSPS) is 18.2. The molecule has 0 saturated carbocycles. The summed E-state index contributed by atoms with van der Waals surface area (Å²) in [6.45, 7) is 20.9. The van der Waals surface area contributed by atoms with Gasteiger partial charge in [0.2, 0.25) is 0 Å². The van der Waals surface area contributed by atoms with Gasteiger partial charge >= 0.3 is 256 Å². The Hall–Kier alpha value is -2.76. The summed E-state index contributed by atoms with van der Waals surface area (Å²) >= 11 is 1.58. The van der Waals surface area contributed by atoms with E-state index in [9.17, 15) is 0 Å². The van der Waals surface area contributed by atoms with Crippen LogP contribution in [0.2, 0.25) is 0 Å². The summed E-state index contributed by atoms with van der Waals surface area (Å²) in [5, 5.41) is 0. The average molecular weight is 641 g/mol. The molecule has 1 heteroatoms. The Kier molecular flexibility index (Phi) is 7.74. The van der Waals surface area contributed by atoms with E-state index in [-0.39, 0.29) is 16.7 Å². The average Bonchev–Trinajstić information content (AvgIpc) is 3.44. The van der Waals surface area contributed by atoms with Crippen LogP contribution in [-0.2, 0) is 35.5 Å². The van der Waals surface area contributed by atoms with Crippen molar-refractivity contribution in [2.75, 3.05) is 0 Å². The summed E-state index contributed by atoms with van der Waals surface area (Å²) in [7, 11) is 0. The van der Waals surface area contributed by atoms with Crippen molar-refractivity contribution >= 4 is 11.6 Å². The van der Waals surface area contributed by atoms with Crippen molar-refractivity contribution in [2.24, 2.45) is 5.92 Å². The zero-order chi connectivity index (χ0) is 30.8. The molecule has 2 aliphatic rings. The number of fused-ring (bicyclic) bond motifs is 2. The number of allylic oxidation sites excluding steroid dienone is 3. The van der Waals surface area contributed by atoms with Crippen molar-refractivity contribution in [1.29, 1.82) is 0 Å². The fourth-order valence-electron chi connectivity index (χ4n) is 7.26. The van der Waals surface area contributed by atoms with Crippen LogP contribution in [0, 0.1) is 5.92 Å². The molecule has 2 unspecified atom stereocenters. The van der Waals surface area contributed by atoms with E-state index in [1.54, 1.807) is 35.9 Å². The first-order valence-electron chi connectivity index (χ1n) is 15.9. The Balaban J connectivity index is 1.51. The van der Waals surface area contributed by atoms with Crippen LogP contribution in [0.1, 0.15) is 105 Å². The van der Waals surface area contributed by atoms with Crippen molar-refractivity contribution < 1.29 is 24.7 Å². The maximum absolute atomic E-state index is 2.48. The molecule has 6 rings (SSSR count). The Bertz CT molecular complexity index is 1750. The maximum atomic E-state index is 2.48. The molecule has 217 valence electrons. The molecule has 0 N–H and O–H groups in total. The van der Waals surface area contributed by atoms with E-state index in [2.05, 4.69) is 153 Å². The van der Waals surface area contributed by atoms with E-state index in [0.717, 1.165) is 0 Å². The molecule has 43 heavy (non-hydrogen) atoms. The van der Waals surface area contributed by atoms with E-state index >= 15 is 0 Å². The molecule has 0 fully saturated rings. The Morgan fingerprint density at radius 1 is 0.628 bits per heavy atom. The summed E-state index contributed by atoms with van der Waals surface area (Å²) in [6.07, 6.45) is 2.48. The summed E-state index contributed by atoms with van der Waals surface area (Å²) in [5.74, 6) is 0.772.